The molecule has 4 atom stereocenters. The predicted molar refractivity (Wildman–Crippen MR) is 257 cm³/mol. The van der Waals surface area contributed by atoms with Gasteiger partial charge in [-0.05, 0) is 215 Å². The van der Waals surface area contributed by atoms with Gasteiger partial charge in [0.2, 0.25) is 0 Å². The van der Waals surface area contributed by atoms with Gasteiger partial charge in [0.1, 0.15) is 0 Å². The van der Waals surface area contributed by atoms with Gasteiger partial charge in [-0.15, -0.1) is 0 Å². The van der Waals surface area contributed by atoms with E-state index in [1.807, 2.05) is 0 Å². The van der Waals surface area contributed by atoms with Crippen LogP contribution in [-0.2, 0) is 5.41 Å². The van der Waals surface area contributed by atoms with Crippen molar-refractivity contribution in [2.45, 2.75) is 114 Å². The number of fused-ring (bicyclic) bond motifs is 6. The van der Waals surface area contributed by atoms with Gasteiger partial charge in [-0.1, -0.05) is 81.4 Å². The van der Waals surface area contributed by atoms with Crippen LogP contribution in [0.3, 0.4) is 0 Å². The molecule has 63 heavy (non-hydrogen) atoms. The molecule has 8 aliphatic carbocycles. The highest BCUT2D eigenvalue weighted by Gasteiger charge is 2.47. The molecule has 8 bridgehead atoms. The van der Waals surface area contributed by atoms with Crippen LogP contribution in [0.1, 0.15) is 148 Å². The summed E-state index contributed by atoms with van der Waals surface area (Å²) in [5.41, 5.74) is 20.0. The molecule has 16 rings (SSSR count). The van der Waals surface area contributed by atoms with Gasteiger partial charge in [-0.25, -0.2) is 0 Å². The topological polar surface area (TPSA) is 52.0 Å². The van der Waals surface area contributed by atoms with Crippen LogP contribution in [0.4, 0.5) is 0 Å². The van der Waals surface area contributed by atoms with Crippen LogP contribution in [-0.4, -0.2) is 4.40 Å². The van der Waals surface area contributed by atoms with Gasteiger partial charge in [-0.2, -0.15) is 10.5 Å². The molecule has 0 aliphatic heterocycles. The number of benzene rings is 6. The first kappa shape index (κ1) is 36.6. The van der Waals surface area contributed by atoms with Crippen molar-refractivity contribution in [3.63, 3.8) is 0 Å². The molecule has 4 saturated carbocycles. The van der Waals surface area contributed by atoms with Crippen LogP contribution in [0, 0.1) is 46.3 Å². The summed E-state index contributed by atoms with van der Waals surface area (Å²) in [7, 11) is 0. The molecule has 3 heteroatoms. The minimum Gasteiger partial charge on any atom is -0.308 e. The van der Waals surface area contributed by atoms with Crippen LogP contribution in [0.15, 0.2) is 97.1 Å². The van der Waals surface area contributed by atoms with E-state index in [2.05, 4.69) is 134 Å². The number of aromatic nitrogens is 1. The normalized spacial score (nSPS) is 26.6. The summed E-state index contributed by atoms with van der Waals surface area (Å²) in [6, 6.07) is 42.5. The highest BCUT2D eigenvalue weighted by Crippen LogP contribution is 2.62. The van der Waals surface area contributed by atoms with E-state index in [9.17, 15) is 10.5 Å². The molecule has 4 unspecified atom stereocenters. The average Bonchev–Trinajstić information content (AvgIpc) is 3.65. The Labute approximate surface area is 370 Å². The summed E-state index contributed by atoms with van der Waals surface area (Å²) in [5, 5.41) is 27.7. The molecule has 2 aromatic heterocycles. The number of hydrogen-bond donors (Lipinski definition) is 0. The summed E-state index contributed by atoms with van der Waals surface area (Å²) >= 11 is 0. The van der Waals surface area contributed by atoms with Crippen molar-refractivity contribution in [3.8, 4) is 45.5 Å². The summed E-state index contributed by atoms with van der Waals surface area (Å²) in [4.78, 5) is 0. The molecule has 0 N–H and O–H groups in total. The summed E-state index contributed by atoms with van der Waals surface area (Å²) in [6.07, 6.45) is 12.6. The van der Waals surface area contributed by atoms with Gasteiger partial charge >= 0.3 is 0 Å². The lowest BCUT2D eigenvalue weighted by atomic mass is 9.67. The maximum atomic E-state index is 11.1. The van der Waals surface area contributed by atoms with E-state index < -0.39 is 0 Å². The van der Waals surface area contributed by atoms with Gasteiger partial charge in [0.15, 0.2) is 0 Å². The largest absolute Gasteiger partial charge is 0.308 e. The van der Waals surface area contributed by atoms with Crippen LogP contribution in [0.2, 0.25) is 0 Å². The molecule has 0 radical (unpaired) electrons. The van der Waals surface area contributed by atoms with Crippen molar-refractivity contribution in [1.82, 2.24) is 4.40 Å². The van der Waals surface area contributed by atoms with Crippen molar-refractivity contribution in [1.29, 1.82) is 10.5 Å². The summed E-state index contributed by atoms with van der Waals surface area (Å²) in [6.45, 7) is 7.02. The van der Waals surface area contributed by atoms with Gasteiger partial charge in [-0.3, -0.25) is 0 Å². The third kappa shape index (κ3) is 5.06. The molecular weight excluding hydrogens is 763 g/mol. The third-order valence-corrected chi connectivity index (χ3v) is 17.7. The van der Waals surface area contributed by atoms with E-state index in [0.717, 1.165) is 34.8 Å². The highest BCUT2D eigenvalue weighted by molar-refractivity contribution is 6.27. The number of rotatable bonds is 3. The zero-order chi connectivity index (χ0) is 42.0. The second-order valence-corrected chi connectivity index (χ2v) is 22.3. The van der Waals surface area contributed by atoms with Crippen molar-refractivity contribution >= 4 is 38.1 Å². The quantitative estimate of drug-likeness (QED) is 0.178. The zero-order valence-corrected chi connectivity index (χ0v) is 36.8. The molecule has 0 saturated heterocycles. The second kappa shape index (κ2) is 12.9. The summed E-state index contributed by atoms with van der Waals surface area (Å²) in [5.74, 6) is 4.84. The molecule has 4 fully saturated rings. The fourth-order valence-corrected chi connectivity index (χ4v) is 15.7. The number of nitrogens with zero attached hydrogens (tertiary/aromatic N) is 3. The van der Waals surface area contributed by atoms with E-state index >= 15 is 0 Å². The Kier molecular flexibility index (Phi) is 7.46. The fourth-order valence-electron chi connectivity index (χ4n) is 15.7. The Balaban J connectivity index is 1.19. The molecule has 3 nitrogen and oxygen atoms in total. The first-order valence-electron chi connectivity index (χ1n) is 24.2. The molecule has 6 aromatic carbocycles. The van der Waals surface area contributed by atoms with E-state index in [1.165, 1.54) is 164 Å². The second-order valence-electron chi connectivity index (χ2n) is 22.3. The monoisotopic (exact) mass is 815 g/mol. The molecule has 0 amide bonds. The van der Waals surface area contributed by atoms with Crippen LogP contribution < -0.4 is 0 Å². The molecule has 2 heterocycles. The van der Waals surface area contributed by atoms with E-state index in [1.54, 1.807) is 0 Å². The number of hydrogen-bond acceptors (Lipinski definition) is 2. The lowest BCUT2D eigenvalue weighted by molar-refractivity contribution is 0.166. The summed E-state index contributed by atoms with van der Waals surface area (Å²) < 4.78 is 2.56. The minimum absolute atomic E-state index is 0.0565. The fraction of sp³-hybridized carbons (Fsp3) is 0.367. The van der Waals surface area contributed by atoms with Gasteiger partial charge in [0, 0.05) is 21.5 Å². The van der Waals surface area contributed by atoms with Crippen molar-refractivity contribution in [3.05, 3.63) is 136 Å². The number of nitriles is 2. The molecule has 8 aromatic rings. The maximum Gasteiger partial charge on any atom is 0.0995 e. The predicted octanol–water partition coefficient (Wildman–Crippen LogP) is 15.7. The Morgan fingerprint density at radius 1 is 0.476 bits per heavy atom. The van der Waals surface area contributed by atoms with Gasteiger partial charge < -0.3 is 4.40 Å². The zero-order valence-electron chi connectivity index (χ0n) is 36.8. The Morgan fingerprint density at radius 2 is 0.873 bits per heavy atom. The van der Waals surface area contributed by atoms with E-state index in [-0.39, 0.29) is 5.41 Å². The van der Waals surface area contributed by atoms with Crippen LogP contribution in [0.5, 0.6) is 0 Å². The van der Waals surface area contributed by atoms with Gasteiger partial charge in [0.25, 0.3) is 0 Å². The molecule has 308 valence electrons. The Hall–Kier alpha value is -5.90. The average molecular weight is 816 g/mol. The van der Waals surface area contributed by atoms with E-state index in [4.69, 9.17) is 0 Å². The first-order chi connectivity index (χ1) is 30.7. The first-order valence-corrected chi connectivity index (χ1v) is 24.2. The molecule has 8 aliphatic rings. The lowest BCUT2D eigenvalue weighted by Gasteiger charge is -2.38. The SMILES string of the molecule is CC(C)(C)c1cc(-c2ccccc2)c(-c2cc3c4c5c(c(C#N)cc4n4c6cc(C#N)c7c(c6c(c2)c34)C2CC3CC(CC7C3)C2)C2CC3CC(C2)CC5C3)c(-c2ccccc2)c1. The minimum atomic E-state index is -0.0565. The molecule has 0 spiro atoms. The standard InChI is InChI=1S/C60H53N3/c1-60(2,3)45-28-46(36-10-6-4-7-11-36)54(47(29-45)37-12-8-5-9-13-37)42-24-48-57-50(26-43(30-61)52-38-16-32-14-33(17-38)21-40(20-32)55(52)57)63-51-27-44(31-62)53-39-18-34-15-35(19-39)23-41(22-34)56(53)58(51)49(25-42)59(48)63/h4-13,24-29,32-35,38-41H,14-23H2,1-3H3. The third-order valence-electron chi connectivity index (χ3n) is 17.7. The van der Waals surface area contributed by atoms with Crippen molar-refractivity contribution in [2.75, 3.05) is 0 Å². The van der Waals surface area contributed by atoms with Gasteiger partial charge in [0.05, 0.1) is 39.8 Å². The maximum absolute atomic E-state index is 11.1. The Bertz CT molecular complexity index is 3110. The van der Waals surface area contributed by atoms with E-state index in [0.29, 0.717) is 23.7 Å². The smallest absolute Gasteiger partial charge is 0.0995 e. The van der Waals surface area contributed by atoms with Crippen LogP contribution >= 0.6 is 0 Å². The molecular formula is C60H53N3. The van der Waals surface area contributed by atoms with Crippen molar-refractivity contribution in [2.24, 2.45) is 23.7 Å². The Morgan fingerprint density at radius 3 is 1.25 bits per heavy atom. The highest BCUT2D eigenvalue weighted by atomic mass is 14.9. The lowest BCUT2D eigenvalue weighted by Crippen LogP contribution is -2.25. The van der Waals surface area contributed by atoms with Crippen LogP contribution in [0.25, 0.3) is 71.5 Å². The van der Waals surface area contributed by atoms with Crippen molar-refractivity contribution < 1.29 is 0 Å².